The first-order valence-electron chi connectivity index (χ1n) is 8.65. The van der Waals surface area contributed by atoms with E-state index in [0.717, 1.165) is 4.47 Å². The third-order valence-electron chi connectivity index (χ3n) is 3.98. The van der Waals surface area contributed by atoms with E-state index in [1.54, 1.807) is 54.0 Å². The first-order valence-corrected chi connectivity index (χ1v) is 10.3. The number of amides is 1. The fraction of sp³-hybridized carbons (Fsp3) is 0.200. The van der Waals surface area contributed by atoms with Crippen LogP contribution < -0.4 is 4.80 Å². The zero-order chi connectivity index (χ0) is 21.0. The van der Waals surface area contributed by atoms with Crippen molar-refractivity contribution in [2.24, 2.45) is 4.99 Å². The van der Waals surface area contributed by atoms with E-state index < -0.39 is 17.8 Å². The number of aromatic nitrogens is 1. The van der Waals surface area contributed by atoms with Crippen LogP contribution in [0.5, 0.6) is 0 Å². The number of hydrogen-bond acceptors (Lipinski definition) is 6. The largest absolute Gasteiger partial charge is 0.465 e. The summed E-state index contributed by atoms with van der Waals surface area (Å²) in [7, 11) is 1.31. The molecule has 29 heavy (non-hydrogen) atoms. The van der Waals surface area contributed by atoms with E-state index in [0.29, 0.717) is 26.1 Å². The molecular formula is C20H17BrN2O5S. The number of esters is 2. The molecule has 9 heteroatoms. The number of hydrogen-bond donors (Lipinski definition) is 0. The lowest BCUT2D eigenvalue weighted by atomic mass is 10.2. The van der Waals surface area contributed by atoms with Crippen LogP contribution in [0.25, 0.3) is 10.2 Å². The molecule has 0 unspecified atom stereocenters. The van der Waals surface area contributed by atoms with Crippen LogP contribution in [0.3, 0.4) is 0 Å². The average Bonchev–Trinajstić information content (AvgIpc) is 3.04. The van der Waals surface area contributed by atoms with E-state index in [4.69, 9.17) is 9.47 Å². The number of carbonyl (C=O) groups is 3. The van der Waals surface area contributed by atoms with Crippen LogP contribution in [0.15, 0.2) is 51.9 Å². The molecule has 1 amide bonds. The number of ether oxygens (including phenoxy) is 2. The Morgan fingerprint density at radius 1 is 1.10 bits per heavy atom. The van der Waals surface area contributed by atoms with Crippen molar-refractivity contribution in [3.05, 3.63) is 62.9 Å². The number of rotatable bonds is 5. The van der Waals surface area contributed by atoms with Gasteiger partial charge >= 0.3 is 11.9 Å². The maximum absolute atomic E-state index is 12.6. The Balaban J connectivity index is 2.12. The molecule has 0 aliphatic heterocycles. The molecule has 0 aliphatic carbocycles. The Labute approximate surface area is 178 Å². The summed E-state index contributed by atoms with van der Waals surface area (Å²) in [5.74, 6) is -1.35. The molecule has 0 bridgehead atoms. The lowest BCUT2D eigenvalue weighted by Gasteiger charge is -2.05. The van der Waals surface area contributed by atoms with Crippen LogP contribution in [0.4, 0.5) is 0 Å². The lowest BCUT2D eigenvalue weighted by Crippen LogP contribution is -2.23. The van der Waals surface area contributed by atoms with Crippen LogP contribution in [-0.4, -0.2) is 36.1 Å². The SMILES string of the molecule is CCOC(=O)Cn1c(=NC(=O)c2ccc(Br)cc2)sc2cc(C(=O)OC)ccc21. The number of nitrogens with zero attached hydrogens (tertiary/aromatic N) is 2. The molecule has 3 rings (SSSR count). The van der Waals surface area contributed by atoms with Crippen LogP contribution in [-0.2, 0) is 20.8 Å². The molecule has 3 aromatic rings. The predicted molar refractivity (Wildman–Crippen MR) is 112 cm³/mol. The maximum atomic E-state index is 12.6. The fourth-order valence-electron chi connectivity index (χ4n) is 2.64. The van der Waals surface area contributed by atoms with E-state index >= 15 is 0 Å². The van der Waals surface area contributed by atoms with Gasteiger partial charge in [-0.1, -0.05) is 27.3 Å². The van der Waals surface area contributed by atoms with Crippen molar-refractivity contribution >= 4 is 55.3 Å². The second kappa shape index (κ2) is 9.15. The van der Waals surface area contributed by atoms with Crippen LogP contribution in [0, 0.1) is 0 Å². The molecular weight excluding hydrogens is 460 g/mol. The summed E-state index contributed by atoms with van der Waals surface area (Å²) in [6.45, 7) is 1.87. The Hall–Kier alpha value is -2.78. The topological polar surface area (TPSA) is 87.0 Å². The van der Waals surface area contributed by atoms with Gasteiger partial charge in [0.25, 0.3) is 5.91 Å². The quantitative estimate of drug-likeness (QED) is 0.525. The van der Waals surface area contributed by atoms with Gasteiger partial charge in [0.2, 0.25) is 0 Å². The van der Waals surface area contributed by atoms with Gasteiger partial charge in [0.05, 0.1) is 29.5 Å². The highest BCUT2D eigenvalue weighted by atomic mass is 79.9. The van der Waals surface area contributed by atoms with Gasteiger partial charge in [-0.15, -0.1) is 0 Å². The molecule has 0 aliphatic rings. The number of carbonyl (C=O) groups excluding carboxylic acids is 3. The standard InChI is InChI=1S/C20H17BrN2O5S/c1-3-28-17(24)11-23-15-9-6-13(19(26)27-2)10-16(15)29-20(23)22-18(25)12-4-7-14(21)8-5-12/h4-10H,3,11H2,1-2H3. The minimum absolute atomic E-state index is 0.0993. The number of halogens is 1. The van der Waals surface area contributed by atoms with Gasteiger partial charge in [-0.25, -0.2) is 4.79 Å². The molecule has 1 heterocycles. The molecule has 2 aromatic carbocycles. The summed E-state index contributed by atoms with van der Waals surface area (Å²) < 4.78 is 12.9. The van der Waals surface area contributed by atoms with Gasteiger partial charge in [0.15, 0.2) is 4.80 Å². The normalized spacial score (nSPS) is 11.5. The van der Waals surface area contributed by atoms with Crippen molar-refractivity contribution in [3.8, 4) is 0 Å². The predicted octanol–water partition coefficient (Wildman–Crippen LogP) is 3.56. The second-order valence-electron chi connectivity index (χ2n) is 5.87. The molecule has 0 N–H and O–H groups in total. The summed E-state index contributed by atoms with van der Waals surface area (Å²) in [6, 6.07) is 11.8. The van der Waals surface area contributed by atoms with Crippen molar-refractivity contribution in [1.82, 2.24) is 4.57 Å². The van der Waals surface area contributed by atoms with E-state index in [9.17, 15) is 14.4 Å². The Morgan fingerprint density at radius 3 is 2.45 bits per heavy atom. The number of methoxy groups -OCH3 is 1. The van der Waals surface area contributed by atoms with Crippen LogP contribution in [0.2, 0.25) is 0 Å². The van der Waals surface area contributed by atoms with Gasteiger partial charge in [0.1, 0.15) is 6.54 Å². The summed E-state index contributed by atoms with van der Waals surface area (Å²) >= 11 is 4.53. The highest BCUT2D eigenvalue weighted by Gasteiger charge is 2.15. The molecule has 0 atom stereocenters. The molecule has 0 saturated heterocycles. The molecule has 0 radical (unpaired) electrons. The Morgan fingerprint density at radius 2 is 1.79 bits per heavy atom. The second-order valence-corrected chi connectivity index (χ2v) is 7.80. The first-order chi connectivity index (χ1) is 13.9. The van der Waals surface area contributed by atoms with Crippen molar-refractivity contribution in [2.75, 3.05) is 13.7 Å². The molecule has 0 fully saturated rings. The highest BCUT2D eigenvalue weighted by molar-refractivity contribution is 9.10. The lowest BCUT2D eigenvalue weighted by molar-refractivity contribution is -0.143. The smallest absolute Gasteiger partial charge is 0.337 e. The third-order valence-corrected chi connectivity index (χ3v) is 5.55. The minimum atomic E-state index is -0.471. The van der Waals surface area contributed by atoms with E-state index in [-0.39, 0.29) is 13.2 Å². The van der Waals surface area contributed by atoms with Crippen molar-refractivity contribution in [2.45, 2.75) is 13.5 Å². The zero-order valence-electron chi connectivity index (χ0n) is 15.7. The number of thiazole rings is 1. The third kappa shape index (κ3) is 4.80. The zero-order valence-corrected chi connectivity index (χ0v) is 18.1. The summed E-state index contributed by atoms with van der Waals surface area (Å²) in [5, 5.41) is 0. The van der Waals surface area contributed by atoms with E-state index in [1.807, 2.05) is 0 Å². The number of benzene rings is 2. The summed E-state index contributed by atoms with van der Waals surface area (Å²) in [5.41, 5.74) is 1.46. The summed E-state index contributed by atoms with van der Waals surface area (Å²) in [4.78, 5) is 41.1. The van der Waals surface area contributed by atoms with Crippen molar-refractivity contribution in [3.63, 3.8) is 0 Å². The fourth-order valence-corrected chi connectivity index (χ4v) is 3.97. The molecule has 1 aromatic heterocycles. The van der Waals surface area contributed by atoms with E-state index in [1.165, 1.54) is 18.4 Å². The van der Waals surface area contributed by atoms with Gasteiger partial charge < -0.3 is 14.0 Å². The molecule has 150 valence electrons. The highest BCUT2D eigenvalue weighted by Crippen LogP contribution is 2.20. The number of fused-ring (bicyclic) bond motifs is 1. The Bertz CT molecular complexity index is 1150. The van der Waals surface area contributed by atoms with Gasteiger partial charge in [0, 0.05) is 10.0 Å². The van der Waals surface area contributed by atoms with Gasteiger partial charge in [-0.3, -0.25) is 9.59 Å². The maximum Gasteiger partial charge on any atom is 0.337 e. The molecule has 0 saturated carbocycles. The van der Waals surface area contributed by atoms with Crippen molar-refractivity contribution < 1.29 is 23.9 Å². The summed E-state index contributed by atoms with van der Waals surface area (Å²) in [6.07, 6.45) is 0. The van der Waals surface area contributed by atoms with Crippen LogP contribution >= 0.6 is 27.3 Å². The average molecular weight is 477 g/mol. The van der Waals surface area contributed by atoms with E-state index in [2.05, 4.69) is 20.9 Å². The molecule has 0 spiro atoms. The van der Waals surface area contributed by atoms with Gasteiger partial charge in [-0.05, 0) is 49.4 Å². The van der Waals surface area contributed by atoms with Crippen LogP contribution in [0.1, 0.15) is 27.6 Å². The molecule has 7 nitrogen and oxygen atoms in total. The minimum Gasteiger partial charge on any atom is -0.465 e. The monoisotopic (exact) mass is 476 g/mol. The first kappa shape index (κ1) is 20.9. The van der Waals surface area contributed by atoms with Gasteiger partial charge in [-0.2, -0.15) is 4.99 Å². The Kier molecular flexibility index (Phi) is 6.60. The van der Waals surface area contributed by atoms with Crippen molar-refractivity contribution in [1.29, 1.82) is 0 Å².